The third-order valence-electron chi connectivity index (χ3n) is 6.34. The molecule has 0 aromatic heterocycles. The molecule has 1 heterocycles. The molecule has 3 aromatic carbocycles. The third kappa shape index (κ3) is 5.47. The molecular formula is C28H27Cl2CoN3O2. The topological polar surface area (TPSA) is 57.4 Å². The number of fused-ring (bicyclic) bond motifs is 1. The number of benzene rings is 3. The first-order valence-electron chi connectivity index (χ1n) is 11.3. The fourth-order valence-corrected chi connectivity index (χ4v) is 5.11. The Morgan fingerprint density at radius 1 is 1.06 bits per heavy atom. The minimum Gasteiger partial charge on any atom is -0.497 e. The van der Waals surface area contributed by atoms with Crippen molar-refractivity contribution in [1.82, 2.24) is 0 Å². The first kappa shape index (κ1) is 27.8. The Morgan fingerprint density at radius 3 is 2.39 bits per heavy atom. The molecule has 1 radical (unpaired) electrons. The molecule has 1 aliphatic rings. The Kier molecular flexibility index (Phi) is 9.25. The average molecular weight is 567 g/mol. The second-order valence-electron chi connectivity index (χ2n) is 8.44. The number of anilines is 1. The van der Waals surface area contributed by atoms with Crippen LogP contribution >= 0.6 is 23.2 Å². The normalized spacial score (nSPS) is 18.4. The average Bonchev–Trinajstić information content (AvgIpc) is 3.11. The van der Waals surface area contributed by atoms with E-state index in [1.165, 1.54) is 0 Å². The van der Waals surface area contributed by atoms with Crippen molar-refractivity contribution in [2.75, 3.05) is 18.6 Å². The molecular weight excluding hydrogens is 540 g/mol. The second kappa shape index (κ2) is 12.0. The van der Waals surface area contributed by atoms with E-state index in [2.05, 4.69) is 41.1 Å². The molecule has 36 heavy (non-hydrogen) atoms. The number of rotatable bonds is 7. The maximum atomic E-state index is 10.2. The smallest absolute Gasteiger partial charge is 0.238 e. The van der Waals surface area contributed by atoms with E-state index in [9.17, 15) is 5.11 Å². The van der Waals surface area contributed by atoms with Gasteiger partial charge in [0.2, 0.25) is 5.90 Å². The van der Waals surface area contributed by atoms with E-state index in [1.54, 1.807) is 25.5 Å². The van der Waals surface area contributed by atoms with E-state index in [-0.39, 0.29) is 22.7 Å². The molecule has 1 atom stereocenters. The zero-order valence-corrected chi connectivity index (χ0v) is 22.8. The summed E-state index contributed by atoms with van der Waals surface area (Å²) in [4.78, 5) is 2.24. The van der Waals surface area contributed by atoms with Crippen molar-refractivity contribution < 1.29 is 26.6 Å². The van der Waals surface area contributed by atoms with Crippen LogP contribution in [0.1, 0.15) is 30.5 Å². The number of allylic oxidation sites excluding steroid dienone is 2. The summed E-state index contributed by atoms with van der Waals surface area (Å²) >= 11 is 13.2. The summed E-state index contributed by atoms with van der Waals surface area (Å²) in [6.45, 7) is 5.03. The molecule has 0 fully saturated rings. The first-order valence-corrected chi connectivity index (χ1v) is 12.1. The van der Waals surface area contributed by atoms with Gasteiger partial charge in [-0.15, -0.1) is 5.10 Å². The van der Waals surface area contributed by atoms with Gasteiger partial charge < -0.3 is 14.7 Å². The van der Waals surface area contributed by atoms with Crippen molar-refractivity contribution in [3.05, 3.63) is 105 Å². The van der Waals surface area contributed by atoms with Gasteiger partial charge in [0.15, 0.2) is 0 Å². The van der Waals surface area contributed by atoms with E-state index in [0.717, 1.165) is 34.8 Å². The predicted molar refractivity (Wildman–Crippen MR) is 146 cm³/mol. The van der Waals surface area contributed by atoms with Gasteiger partial charge in [0.1, 0.15) is 5.75 Å². The van der Waals surface area contributed by atoms with Gasteiger partial charge in [-0.25, -0.2) is 0 Å². The molecule has 0 bridgehead atoms. The number of methoxy groups -OCH3 is 1. The maximum Gasteiger partial charge on any atom is 0.238 e. The molecule has 189 valence electrons. The molecule has 4 rings (SSSR count). The fraction of sp³-hybridized carbons (Fsp3) is 0.214. The summed E-state index contributed by atoms with van der Waals surface area (Å²) in [5.41, 5.74) is 4.25. The van der Waals surface area contributed by atoms with Crippen molar-refractivity contribution in [3.8, 4) is 5.75 Å². The Balaban J connectivity index is 0.00000361. The zero-order chi connectivity index (χ0) is 25.0. The summed E-state index contributed by atoms with van der Waals surface area (Å²) in [5.74, 6) is 0.640. The van der Waals surface area contributed by atoms with E-state index in [1.807, 2.05) is 48.5 Å². The number of ether oxygens (including phenoxy) is 1. The number of nitrogens with zero attached hydrogens (tertiary/aromatic N) is 3. The van der Waals surface area contributed by atoms with Crippen LogP contribution < -0.4 is 9.64 Å². The van der Waals surface area contributed by atoms with Crippen molar-refractivity contribution in [2.24, 2.45) is 10.2 Å². The van der Waals surface area contributed by atoms with Gasteiger partial charge in [0, 0.05) is 55.7 Å². The van der Waals surface area contributed by atoms with Crippen LogP contribution in [0, 0.1) is 0 Å². The van der Waals surface area contributed by atoms with Gasteiger partial charge in [0.25, 0.3) is 0 Å². The molecule has 0 amide bonds. The summed E-state index contributed by atoms with van der Waals surface area (Å²) in [7, 11) is 1.66. The third-order valence-corrected chi connectivity index (χ3v) is 7.05. The quantitative estimate of drug-likeness (QED) is 0.187. The number of hydrogen-bond donors (Lipinski definition) is 1. The summed E-state index contributed by atoms with van der Waals surface area (Å²) < 4.78 is 5.54. The van der Waals surface area contributed by atoms with Crippen LogP contribution in [-0.2, 0) is 28.6 Å². The van der Waals surface area contributed by atoms with Crippen molar-refractivity contribution in [1.29, 1.82) is 0 Å². The Bertz CT molecular complexity index is 1290. The van der Waals surface area contributed by atoms with Crippen molar-refractivity contribution >= 4 is 41.0 Å². The molecule has 0 spiro atoms. The van der Waals surface area contributed by atoms with Gasteiger partial charge in [0.05, 0.1) is 13.3 Å². The molecule has 8 heteroatoms. The molecule has 3 aromatic rings. The SMILES string of the molecule is CCN1\C(=C/C=N/N=C(\O)c2ccccc2)C(C)(Cc2c(Cl)cccc2Cl)c2cc(OC)ccc21.[Co]. The Labute approximate surface area is 232 Å². The van der Waals surface area contributed by atoms with Crippen LogP contribution in [0.25, 0.3) is 0 Å². The van der Waals surface area contributed by atoms with E-state index < -0.39 is 5.41 Å². The van der Waals surface area contributed by atoms with E-state index >= 15 is 0 Å². The van der Waals surface area contributed by atoms with Gasteiger partial charge in [-0.3, -0.25) is 0 Å². The van der Waals surface area contributed by atoms with Crippen molar-refractivity contribution in [2.45, 2.75) is 25.7 Å². The van der Waals surface area contributed by atoms with Crippen LogP contribution in [0.5, 0.6) is 5.75 Å². The van der Waals surface area contributed by atoms with E-state index in [4.69, 9.17) is 27.9 Å². The Morgan fingerprint density at radius 2 is 1.75 bits per heavy atom. The number of likely N-dealkylation sites (N-methyl/N-ethyl adjacent to an activating group) is 1. The largest absolute Gasteiger partial charge is 0.497 e. The molecule has 0 saturated carbocycles. The van der Waals surface area contributed by atoms with Crippen LogP contribution in [0.15, 0.2) is 88.7 Å². The van der Waals surface area contributed by atoms with Gasteiger partial charge in [-0.2, -0.15) is 5.10 Å². The monoisotopic (exact) mass is 566 g/mol. The molecule has 1 aliphatic heterocycles. The molecule has 0 aliphatic carbocycles. The van der Waals surface area contributed by atoms with Gasteiger partial charge in [-0.05, 0) is 79.9 Å². The van der Waals surface area contributed by atoms with Crippen LogP contribution in [0.4, 0.5) is 5.69 Å². The number of hydrogen-bond acceptors (Lipinski definition) is 4. The minimum atomic E-state index is -0.467. The molecule has 5 nitrogen and oxygen atoms in total. The number of aliphatic hydroxyl groups is 1. The summed E-state index contributed by atoms with van der Waals surface area (Å²) in [5, 5.41) is 19.6. The van der Waals surface area contributed by atoms with E-state index in [0.29, 0.717) is 22.0 Å². The minimum absolute atomic E-state index is 0. The van der Waals surface area contributed by atoms with Crippen molar-refractivity contribution in [3.63, 3.8) is 0 Å². The van der Waals surface area contributed by atoms with Crippen LogP contribution in [0.3, 0.4) is 0 Å². The Hall–Kier alpha value is -2.77. The number of aliphatic hydroxyl groups excluding tert-OH is 1. The maximum absolute atomic E-state index is 10.2. The second-order valence-corrected chi connectivity index (χ2v) is 9.26. The van der Waals surface area contributed by atoms with Gasteiger partial charge >= 0.3 is 0 Å². The molecule has 1 N–H and O–H groups in total. The summed E-state index contributed by atoms with van der Waals surface area (Å²) in [6.07, 6.45) is 4.12. The standard InChI is InChI=1S/C28H27Cl2N3O2.Co/c1-4-33-25-14-13-20(35-3)17-22(25)28(2,18-21-23(29)11-8-12-24(21)30)26(33)15-16-31-32-27(34)19-9-6-5-7-10-19;/h5-17H,4,18H2,1-3H3,(H,32,34);/b26-15-,31-16+;. The fourth-order valence-electron chi connectivity index (χ4n) is 4.58. The van der Waals surface area contributed by atoms with Gasteiger partial charge in [-0.1, -0.05) is 47.5 Å². The first-order chi connectivity index (χ1) is 16.9. The summed E-state index contributed by atoms with van der Waals surface area (Å²) in [6, 6.07) is 20.8. The zero-order valence-electron chi connectivity index (χ0n) is 20.2. The predicted octanol–water partition coefficient (Wildman–Crippen LogP) is 7.21. The van der Waals surface area contributed by atoms with Crippen LogP contribution in [-0.4, -0.2) is 30.9 Å². The number of halogens is 2. The molecule has 0 saturated heterocycles. The molecule has 1 unspecified atom stereocenters. The van der Waals surface area contributed by atoms with Crippen LogP contribution in [0.2, 0.25) is 10.0 Å².